The molecule has 1 fully saturated rings. The molecule has 244 valence electrons. The maximum atomic E-state index is 12.6. The van der Waals surface area contributed by atoms with Gasteiger partial charge in [-0.2, -0.15) is 8.42 Å². The summed E-state index contributed by atoms with van der Waals surface area (Å²) in [5.41, 5.74) is 5.16. The van der Waals surface area contributed by atoms with E-state index < -0.39 is 10.1 Å². The first-order valence-corrected chi connectivity index (χ1v) is 18.2. The van der Waals surface area contributed by atoms with Crippen LogP contribution in [0.15, 0.2) is 48.0 Å². The van der Waals surface area contributed by atoms with Crippen molar-refractivity contribution in [3.8, 4) is 5.75 Å². The lowest BCUT2D eigenvalue weighted by Gasteiger charge is -2.47. The standard InChI is InChI=1S/C35H44ClNO7S/c1-41-33(24-8-6-23(7-9-24)20-44-45(3,39)40)29-13-10-27(29)19-37-21-35(16-4-5-25-17-28(36)12-14-30(25)35)22-43-32-15-11-26(18-31(32)37)34(38)42-2/h8,11-12,14-15,17-18,23,27,29,33H,4-7,9-10,13,16,19-22H2,1-3H3/t23-,27-,29+,33?,35?/m0/s1. The number of halogens is 1. The fourth-order valence-corrected chi connectivity index (χ4v) is 8.64. The fraction of sp³-hybridized carbons (Fsp3) is 0.571. The van der Waals surface area contributed by atoms with Crippen molar-refractivity contribution in [1.82, 2.24) is 0 Å². The van der Waals surface area contributed by atoms with Crippen molar-refractivity contribution < 1.29 is 31.6 Å². The molecule has 6 rings (SSSR count). The molecular weight excluding hydrogens is 614 g/mol. The Morgan fingerprint density at radius 2 is 1.98 bits per heavy atom. The Labute approximate surface area is 272 Å². The van der Waals surface area contributed by atoms with Gasteiger partial charge in [-0.25, -0.2) is 4.79 Å². The first-order valence-electron chi connectivity index (χ1n) is 16.0. The zero-order chi connectivity index (χ0) is 31.8. The number of allylic oxidation sites excluding steroid dienone is 1. The second-order valence-corrected chi connectivity index (χ2v) is 15.4. The van der Waals surface area contributed by atoms with E-state index in [-0.39, 0.29) is 30.0 Å². The van der Waals surface area contributed by atoms with E-state index in [9.17, 15) is 13.2 Å². The van der Waals surface area contributed by atoms with Gasteiger partial charge in [-0.1, -0.05) is 23.7 Å². The molecule has 2 aromatic carbocycles. The average molecular weight is 658 g/mol. The Bertz CT molecular complexity index is 1560. The second kappa shape index (κ2) is 13.3. The minimum Gasteiger partial charge on any atom is -0.490 e. The van der Waals surface area contributed by atoms with Crippen LogP contribution in [0, 0.1) is 17.8 Å². The highest BCUT2D eigenvalue weighted by atomic mass is 35.5. The maximum Gasteiger partial charge on any atom is 0.337 e. The zero-order valence-electron chi connectivity index (χ0n) is 26.4. The summed E-state index contributed by atoms with van der Waals surface area (Å²) in [4.78, 5) is 15.0. The minimum absolute atomic E-state index is 0.0242. The van der Waals surface area contributed by atoms with E-state index in [1.807, 2.05) is 18.2 Å². The third kappa shape index (κ3) is 6.92. The van der Waals surface area contributed by atoms with Crippen molar-refractivity contribution in [1.29, 1.82) is 0 Å². The molecular formula is C35H44ClNO7S. The molecule has 0 bridgehead atoms. The van der Waals surface area contributed by atoms with E-state index in [1.165, 1.54) is 23.8 Å². The maximum absolute atomic E-state index is 12.6. The van der Waals surface area contributed by atoms with E-state index >= 15 is 0 Å². The predicted molar refractivity (Wildman–Crippen MR) is 175 cm³/mol. The zero-order valence-corrected chi connectivity index (χ0v) is 28.0. The summed E-state index contributed by atoms with van der Waals surface area (Å²) in [6.45, 7) is 2.40. The van der Waals surface area contributed by atoms with Crippen molar-refractivity contribution in [3.05, 3.63) is 69.8 Å². The van der Waals surface area contributed by atoms with Crippen molar-refractivity contribution in [2.75, 3.05) is 51.7 Å². The monoisotopic (exact) mass is 657 g/mol. The number of carbonyl (C=O) groups excluding carboxylic acids is 1. The molecule has 1 aliphatic heterocycles. The molecule has 10 heteroatoms. The van der Waals surface area contributed by atoms with E-state index in [0.717, 1.165) is 87.2 Å². The van der Waals surface area contributed by atoms with Gasteiger partial charge in [0.15, 0.2) is 0 Å². The largest absolute Gasteiger partial charge is 0.490 e. The topological polar surface area (TPSA) is 91.4 Å². The van der Waals surface area contributed by atoms with Crippen LogP contribution in [0.1, 0.15) is 66.4 Å². The number of hydrogen-bond donors (Lipinski definition) is 0. The third-order valence-electron chi connectivity index (χ3n) is 10.5. The Morgan fingerprint density at radius 1 is 1.13 bits per heavy atom. The fourth-order valence-electron chi connectivity index (χ4n) is 8.00. The molecule has 45 heavy (non-hydrogen) atoms. The average Bonchev–Trinajstić information content (AvgIpc) is 3.17. The van der Waals surface area contributed by atoms with Gasteiger partial charge in [-0.3, -0.25) is 4.18 Å². The number of methoxy groups -OCH3 is 2. The van der Waals surface area contributed by atoms with Crippen LogP contribution >= 0.6 is 11.6 Å². The molecule has 0 amide bonds. The van der Waals surface area contributed by atoms with Crippen LogP contribution < -0.4 is 9.64 Å². The Morgan fingerprint density at radius 3 is 2.67 bits per heavy atom. The molecule has 0 aromatic heterocycles. The normalized spacial score (nSPS) is 26.9. The highest BCUT2D eigenvalue weighted by molar-refractivity contribution is 7.85. The molecule has 5 atom stereocenters. The third-order valence-corrected chi connectivity index (χ3v) is 11.3. The van der Waals surface area contributed by atoms with Gasteiger partial charge in [0, 0.05) is 30.6 Å². The van der Waals surface area contributed by atoms with Crippen molar-refractivity contribution >= 4 is 33.4 Å². The van der Waals surface area contributed by atoms with Gasteiger partial charge >= 0.3 is 5.97 Å². The highest BCUT2D eigenvalue weighted by Crippen LogP contribution is 2.48. The van der Waals surface area contributed by atoms with E-state index in [0.29, 0.717) is 24.0 Å². The summed E-state index contributed by atoms with van der Waals surface area (Å²) >= 11 is 6.43. The SMILES string of the molecule is COC(=O)c1ccc2c(c1)N(C[C@@H]1CC[C@H]1C(OC)C1=CC[C@H](COS(C)(=O)=O)CC1)CC1(CCCc3cc(Cl)ccc31)CO2. The Balaban J connectivity index is 1.26. The number of rotatable bonds is 9. The molecule has 0 N–H and O–H groups in total. The van der Waals surface area contributed by atoms with Gasteiger partial charge in [0.2, 0.25) is 0 Å². The number of ether oxygens (including phenoxy) is 3. The minimum atomic E-state index is -3.44. The smallest absolute Gasteiger partial charge is 0.337 e. The Hall–Kier alpha value is -2.59. The molecule has 1 spiro atoms. The van der Waals surface area contributed by atoms with E-state index in [1.54, 1.807) is 13.2 Å². The van der Waals surface area contributed by atoms with Gasteiger partial charge in [-0.05, 0) is 116 Å². The van der Waals surface area contributed by atoms with Crippen LogP contribution in [-0.4, -0.2) is 67.3 Å². The van der Waals surface area contributed by atoms with Crippen molar-refractivity contribution in [3.63, 3.8) is 0 Å². The molecule has 0 radical (unpaired) electrons. The van der Waals surface area contributed by atoms with Crippen molar-refractivity contribution in [2.45, 2.75) is 62.9 Å². The molecule has 2 aromatic rings. The molecule has 2 unspecified atom stereocenters. The predicted octanol–water partition coefficient (Wildman–Crippen LogP) is 6.34. The molecule has 0 saturated heterocycles. The molecule has 1 saturated carbocycles. The number of hydrogen-bond acceptors (Lipinski definition) is 8. The summed E-state index contributed by atoms with van der Waals surface area (Å²) in [5.74, 6) is 1.40. The number of benzene rings is 2. The Kier molecular flexibility index (Phi) is 9.53. The van der Waals surface area contributed by atoms with Crippen LogP contribution in [-0.2, 0) is 35.6 Å². The van der Waals surface area contributed by atoms with Gasteiger partial charge in [0.25, 0.3) is 10.1 Å². The summed E-state index contributed by atoms with van der Waals surface area (Å²) < 4.78 is 45.9. The molecule has 3 aliphatic carbocycles. The first kappa shape index (κ1) is 32.4. The van der Waals surface area contributed by atoms with Crippen LogP contribution in [0.5, 0.6) is 5.75 Å². The number of nitrogens with zero attached hydrogens (tertiary/aromatic N) is 1. The van der Waals surface area contributed by atoms with E-state index in [2.05, 4.69) is 23.1 Å². The highest BCUT2D eigenvalue weighted by Gasteiger charge is 2.45. The van der Waals surface area contributed by atoms with Crippen molar-refractivity contribution in [2.24, 2.45) is 17.8 Å². The molecule has 8 nitrogen and oxygen atoms in total. The number of fused-ring (bicyclic) bond motifs is 3. The molecule has 4 aliphatic rings. The van der Waals surface area contributed by atoms with Crippen LogP contribution in [0.2, 0.25) is 5.02 Å². The molecule has 1 heterocycles. The van der Waals surface area contributed by atoms with Crippen LogP contribution in [0.3, 0.4) is 0 Å². The lowest BCUT2D eigenvalue weighted by molar-refractivity contribution is 0.00284. The second-order valence-electron chi connectivity index (χ2n) is 13.3. The quantitative estimate of drug-likeness (QED) is 0.175. The summed E-state index contributed by atoms with van der Waals surface area (Å²) in [6.07, 6.45) is 11.2. The summed E-state index contributed by atoms with van der Waals surface area (Å²) in [5, 5.41) is 0.761. The summed E-state index contributed by atoms with van der Waals surface area (Å²) in [6, 6.07) is 11.9. The van der Waals surface area contributed by atoms with Gasteiger partial charge in [-0.15, -0.1) is 0 Å². The van der Waals surface area contributed by atoms with E-state index in [4.69, 9.17) is 30.0 Å². The number of carbonyl (C=O) groups is 1. The number of esters is 1. The lowest BCUT2D eigenvalue weighted by atomic mass is 9.66. The summed E-state index contributed by atoms with van der Waals surface area (Å²) in [7, 11) is -0.229. The van der Waals surface area contributed by atoms with Crippen LogP contribution in [0.4, 0.5) is 5.69 Å². The lowest BCUT2D eigenvalue weighted by Crippen LogP contribution is -2.50. The van der Waals surface area contributed by atoms with Gasteiger partial charge in [0.1, 0.15) is 5.75 Å². The number of anilines is 1. The first-order chi connectivity index (χ1) is 21.6. The number of aryl methyl sites for hydroxylation is 1. The van der Waals surface area contributed by atoms with Gasteiger partial charge in [0.05, 0.1) is 43.9 Å². The van der Waals surface area contributed by atoms with Crippen LogP contribution in [0.25, 0.3) is 0 Å². The van der Waals surface area contributed by atoms with Gasteiger partial charge < -0.3 is 19.1 Å².